The Kier molecular flexibility index (Phi) is 7.13. The lowest BCUT2D eigenvalue weighted by atomic mass is 9.95. The maximum absolute atomic E-state index is 13.0. The van der Waals surface area contributed by atoms with E-state index in [9.17, 15) is 14.7 Å². The Labute approximate surface area is 183 Å². The fraction of sp³-hybridized carbons (Fsp3) is 0.360. The van der Waals surface area contributed by atoms with Crippen LogP contribution in [0.25, 0.3) is 5.76 Å². The van der Waals surface area contributed by atoms with E-state index in [1.54, 1.807) is 12.1 Å². The summed E-state index contributed by atoms with van der Waals surface area (Å²) in [6.45, 7) is 7.12. The molecule has 164 valence electrons. The summed E-state index contributed by atoms with van der Waals surface area (Å²) >= 11 is 0. The minimum atomic E-state index is -0.723. The summed E-state index contributed by atoms with van der Waals surface area (Å²) in [6, 6.07) is 13.8. The number of benzene rings is 2. The molecule has 1 atom stereocenters. The monoisotopic (exact) mass is 423 g/mol. The van der Waals surface area contributed by atoms with Gasteiger partial charge in [-0.3, -0.25) is 9.59 Å². The maximum atomic E-state index is 13.0. The molecule has 0 aromatic heterocycles. The lowest BCUT2D eigenvalue weighted by Gasteiger charge is -2.25. The van der Waals surface area contributed by atoms with Gasteiger partial charge >= 0.3 is 0 Å². The van der Waals surface area contributed by atoms with Gasteiger partial charge in [-0.1, -0.05) is 55.8 Å². The molecular formula is C25H29NO5. The Morgan fingerprint density at radius 1 is 1.13 bits per heavy atom. The minimum absolute atomic E-state index is 0.0750. The Bertz CT molecular complexity index is 978. The fourth-order valence-electron chi connectivity index (χ4n) is 3.55. The molecule has 1 aliphatic rings. The SMILES string of the molecule is COCCN1C(=O)C(=O)/C(=C(\O)c2ccc(C)cc2)C1c1cccc(OCC(C)C)c1. The third kappa shape index (κ3) is 4.97. The van der Waals surface area contributed by atoms with Crippen LogP contribution in [0.4, 0.5) is 0 Å². The molecule has 3 rings (SSSR count). The Morgan fingerprint density at radius 3 is 2.48 bits per heavy atom. The molecule has 2 aromatic rings. The summed E-state index contributed by atoms with van der Waals surface area (Å²) in [6.07, 6.45) is 0. The van der Waals surface area contributed by atoms with Crippen molar-refractivity contribution in [2.75, 3.05) is 26.9 Å². The molecule has 1 unspecified atom stereocenters. The predicted molar refractivity (Wildman–Crippen MR) is 119 cm³/mol. The van der Waals surface area contributed by atoms with E-state index < -0.39 is 17.7 Å². The number of amides is 1. The van der Waals surface area contributed by atoms with Gasteiger partial charge in [0.25, 0.3) is 11.7 Å². The average molecular weight is 424 g/mol. The van der Waals surface area contributed by atoms with Gasteiger partial charge in [-0.25, -0.2) is 0 Å². The highest BCUT2D eigenvalue weighted by molar-refractivity contribution is 6.46. The number of carbonyl (C=O) groups excluding carboxylic acids is 2. The maximum Gasteiger partial charge on any atom is 0.295 e. The van der Waals surface area contributed by atoms with E-state index in [1.165, 1.54) is 12.0 Å². The lowest BCUT2D eigenvalue weighted by molar-refractivity contribution is -0.140. The van der Waals surface area contributed by atoms with E-state index in [4.69, 9.17) is 9.47 Å². The molecule has 0 aliphatic carbocycles. The molecule has 6 heteroatoms. The number of Topliss-reactive ketones (excluding diaryl/α,β-unsaturated/α-hetero) is 1. The number of rotatable bonds is 8. The largest absolute Gasteiger partial charge is 0.507 e. The summed E-state index contributed by atoms with van der Waals surface area (Å²) in [7, 11) is 1.54. The van der Waals surface area contributed by atoms with Crippen molar-refractivity contribution < 1.29 is 24.2 Å². The van der Waals surface area contributed by atoms with Gasteiger partial charge in [-0.15, -0.1) is 0 Å². The molecular weight excluding hydrogens is 394 g/mol. The van der Waals surface area contributed by atoms with Gasteiger partial charge in [0.2, 0.25) is 0 Å². The first-order chi connectivity index (χ1) is 14.8. The van der Waals surface area contributed by atoms with Gasteiger partial charge in [0.15, 0.2) is 0 Å². The summed E-state index contributed by atoms with van der Waals surface area (Å²) in [4.78, 5) is 27.3. The third-order valence-electron chi connectivity index (χ3n) is 5.16. The molecule has 0 bridgehead atoms. The predicted octanol–water partition coefficient (Wildman–Crippen LogP) is 4.10. The van der Waals surface area contributed by atoms with Gasteiger partial charge in [0, 0.05) is 19.2 Å². The third-order valence-corrected chi connectivity index (χ3v) is 5.16. The molecule has 0 saturated carbocycles. The van der Waals surface area contributed by atoms with Gasteiger partial charge in [-0.2, -0.15) is 0 Å². The summed E-state index contributed by atoms with van der Waals surface area (Å²) in [5.41, 5.74) is 2.30. The van der Waals surface area contributed by atoms with Crippen LogP contribution >= 0.6 is 0 Å². The molecule has 1 amide bonds. The van der Waals surface area contributed by atoms with Gasteiger partial charge in [0.1, 0.15) is 11.5 Å². The van der Waals surface area contributed by atoms with Crippen LogP contribution in [0.1, 0.15) is 36.6 Å². The van der Waals surface area contributed by atoms with Crippen molar-refractivity contribution in [1.29, 1.82) is 0 Å². The van der Waals surface area contributed by atoms with E-state index in [0.717, 1.165) is 5.56 Å². The Balaban J connectivity index is 2.09. The van der Waals surface area contributed by atoms with Gasteiger partial charge < -0.3 is 19.5 Å². The number of ketones is 1. The standard InChI is InChI=1S/C25H29NO5/c1-16(2)15-31-20-7-5-6-19(14-20)22-21(23(27)18-10-8-17(3)9-11-18)24(28)25(29)26(22)12-13-30-4/h5-11,14,16,22,27H,12-13,15H2,1-4H3/b23-21-. The quantitative estimate of drug-likeness (QED) is 0.393. The van der Waals surface area contributed by atoms with Crippen LogP contribution in [0.3, 0.4) is 0 Å². The van der Waals surface area contributed by atoms with Crippen LogP contribution in [0.15, 0.2) is 54.1 Å². The van der Waals surface area contributed by atoms with Crippen molar-refractivity contribution in [3.8, 4) is 5.75 Å². The van der Waals surface area contributed by atoms with Crippen molar-refractivity contribution in [3.05, 3.63) is 70.8 Å². The van der Waals surface area contributed by atoms with Crippen molar-refractivity contribution in [3.63, 3.8) is 0 Å². The first kappa shape index (κ1) is 22.6. The van der Waals surface area contributed by atoms with Gasteiger partial charge in [-0.05, 0) is 30.5 Å². The number of hydrogen-bond acceptors (Lipinski definition) is 5. The zero-order chi connectivity index (χ0) is 22.5. The highest BCUT2D eigenvalue weighted by atomic mass is 16.5. The number of carbonyl (C=O) groups is 2. The second-order valence-corrected chi connectivity index (χ2v) is 8.13. The van der Waals surface area contributed by atoms with Crippen LogP contribution in [-0.4, -0.2) is 48.6 Å². The highest BCUT2D eigenvalue weighted by Gasteiger charge is 2.45. The van der Waals surface area contributed by atoms with Crippen LogP contribution in [0.2, 0.25) is 0 Å². The van der Waals surface area contributed by atoms with Crippen molar-refractivity contribution in [1.82, 2.24) is 4.90 Å². The zero-order valence-electron chi connectivity index (χ0n) is 18.4. The van der Waals surface area contributed by atoms with Crippen LogP contribution < -0.4 is 4.74 Å². The second kappa shape index (κ2) is 9.79. The smallest absolute Gasteiger partial charge is 0.295 e. The summed E-state index contributed by atoms with van der Waals surface area (Å²) in [5.74, 6) is -0.523. The number of nitrogens with zero attached hydrogens (tertiary/aromatic N) is 1. The molecule has 1 aliphatic heterocycles. The first-order valence-electron chi connectivity index (χ1n) is 10.4. The van der Waals surface area contributed by atoms with E-state index in [1.807, 2.05) is 43.3 Å². The average Bonchev–Trinajstić information content (AvgIpc) is 3.01. The number of likely N-dealkylation sites (tertiary alicyclic amines) is 1. The number of aliphatic hydroxyl groups excluding tert-OH is 1. The summed E-state index contributed by atoms with van der Waals surface area (Å²) < 4.78 is 11.0. The normalized spacial score (nSPS) is 18.1. The van der Waals surface area contributed by atoms with E-state index in [-0.39, 0.29) is 24.5 Å². The zero-order valence-corrected chi connectivity index (χ0v) is 18.4. The molecule has 0 radical (unpaired) electrons. The number of hydrogen-bond donors (Lipinski definition) is 1. The number of ether oxygens (including phenoxy) is 2. The van der Waals surface area contributed by atoms with Crippen molar-refractivity contribution >= 4 is 17.4 Å². The van der Waals surface area contributed by atoms with E-state index in [0.29, 0.717) is 29.4 Å². The molecule has 1 saturated heterocycles. The first-order valence-corrected chi connectivity index (χ1v) is 10.4. The number of methoxy groups -OCH3 is 1. The van der Waals surface area contributed by atoms with Crippen molar-refractivity contribution in [2.45, 2.75) is 26.8 Å². The Hall–Kier alpha value is -3.12. The number of aliphatic hydroxyl groups is 1. The molecule has 6 nitrogen and oxygen atoms in total. The van der Waals surface area contributed by atoms with Crippen molar-refractivity contribution in [2.24, 2.45) is 5.92 Å². The highest BCUT2D eigenvalue weighted by Crippen LogP contribution is 2.40. The molecule has 1 N–H and O–H groups in total. The van der Waals surface area contributed by atoms with E-state index >= 15 is 0 Å². The topological polar surface area (TPSA) is 76.1 Å². The number of aryl methyl sites for hydroxylation is 1. The molecule has 0 spiro atoms. The summed E-state index contributed by atoms with van der Waals surface area (Å²) in [5, 5.41) is 11.0. The van der Waals surface area contributed by atoms with Gasteiger partial charge in [0.05, 0.1) is 24.8 Å². The minimum Gasteiger partial charge on any atom is -0.507 e. The van der Waals surface area contributed by atoms with Crippen LogP contribution in [0, 0.1) is 12.8 Å². The van der Waals surface area contributed by atoms with Crippen LogP contribution in [-0.2, 0) is 14.3 Å². The van der Waals surface area contributed by atoms with E-state index in [2.05, 4.69) is 13.8 Å². The second-order valence-electron chi connectivity index (χ2n) is 8.13. The Morgan fingerprint density at radius 2 is 1.84 bits per heavy atom. The molecule has 1 fully saturated rings. The fourth-order valence-corrected chi connectivity index (χ4v) is 3.55. The molecule has 1 heterocycles. The lowest BCUT2D eigenvalue weighted by Crippen LogP contribution is -2.32. The molecule has 2 aromatic carbocycles. The van der Waals surface area contributed by atoms with Crippen LogP contribution in [0.5, 0.6) is 5.75 Å². The molecule has 31 heavy (non-hydrogen) atoms.